The number of hydrogen-bond acceptors (Lipinski definition) is 5. The van der Waals surface area contributed by atoms with Crippen LogP contribution in [0.2, 0.25) is 0 Å². The quantitative estimate of drug-likeness (QED) is 0.600. The molecule has 2 amide bonds. The third kappa shape index (κ3) is 4.64. The number of hydrogen-bond donors (Lipinski definition) is 1. The van der Waals surface area contributed by atoms with E-state index in [-0.39, 0.29) is 36.0 Å². The molecule has 0 unspecified atom stereocenters. The van der Waals surface area contributed by atoms with Gasteiger partial charge >= 0.3 is 0 Å². The Kier molecular flexibility index (Phi) is 6.20. The average Bonchev–Trinajstić information content (AvgIpc) is 2.82. The number of aromatic nitrogens is 2. The smallest absolute Gasteiger partial charge is 0.250 e. The SMILES string of the molecule is NC(=O)c1cc2cc(F)ccc2nc1C1CCN(C(=O)CCC(=O)c2cccnc2)CC1. The van der Waals surface area contributed by atoms with Crippen molar-refractivity contribution in [3.63, 3.8) is 0 Å². The second-order valence-corrected chi connectivity index (χ2v) is 7.94. The molecule has 4 rings (SSSR count). The molecule has 7 nitrogen and oxygen atoms in total. The lowest BCUT2D eigenvalue weighted by atomic mass is 9.89. The van der Waals surface area contributed by atoms with E-state index in [4.69, 9.17) is 5.73 Å². The van der Waals surface area contributed by atoms with Crippen molar-refractivity contribution in [2.75, 3.05) is 13.1 Å². The van der Waals surface area contributed by atoms with Gasteiger partial charge < -0.3 is 10.6 Å². The van der Waals surface area contributed by atoms with Crippen molar-refractivity contribution in [3.8, 4) is 0 Å². The number of fused-ring (bicyclic) bond motifs is 1. The number of nitrogens with two attached hydrogens (primary N) is 1. The molecule has 0 aliphatic carbocycles. The van der Waals surface area contributed by atoms with Crippen LogP contribution >= 0.6 is 0 Å². The number of carbonyl (C=O) groups is 3. The van der Waals surface area contributed by atoms with Gasteiger partial charge in [-0.05, 0) is 49.2 Å². The van der Waals surface area contributed by atoms with Crippen LogP contribution in [0.3, 0.4) is 0 Å². The second-order valence-electron chi connectivity index (χ2n) is 7.94. The van der Waals surface area contributed by atoms with Gasteiger partial charge in [-0.15, -0.1) is 0 Å². The summed E-state index contributed by atoms with van der Waals surface area (Å²) in [4.78, 5) is 47.1. The van der Waals surface area contributed by atoms with Crippen molar-refractivity contribution < 1.29 is 18.8 Å². The van der Waals surface area contributed by atoms with E-state index in [0.717, 1.165) is 0 Å². The Morgan fingerprint density at radius 1 is 1.09 bits per heavy atom. The highest BCUT2D eigenvalue weighted by Crippen LogP contribution is 2.31. The monoisotopic (exact) mass is 434 g/mol. The number of benzene rings is 1. The number of rotatable bonds is 6. The van der Waals surface area contributed by atoms with Crippen molar-refractivity contribution in [3.05, 3.63) is 71.4 Å². The van der Waals surface area contributed by atoms with Gasteiger partial charge in [0.25, 0.3) is 5.91 Å². The summed E-state index contributed by atoms with van der Waals surface area (Å²) in [5.41, 5.74) is 7.54. The summed E-state index contributed by atoms with van der Waals surface area (Å²) < 4.78 is 13.5. The van der Waals surface area contributed by atoms with Crippen LogP contribution in [0.5, 0.6) is 0 Å². The lowest BCUT2D eigenvalue weighted by Crippen LogP contribution is -2.38. The third-order valence-corrected chi connectivity index (χ3v) is 5.86. The molecular formula is C24H23FN4O3. The summed E-state index contributed by atoms with van der Waals surface area (Å²) in [5.74, 6) is -1.22. The van der Waals surface area contributed by atoms with Crippen LogP contribution in [-0.2, 0) is 4.79 Å². The van der Waals surface area contributed by atoms with Crippen molar-refractivity contribution in [2.45, 2.75) is 31.6 Å². The van der Waals surface area contributed by atoms with Gasteiger partial charge in [-0.3, -0.25) is 24.4 Å². The minimum absolute atomic E-state index is 0.0342. The summed E-state index contributed by atoms with van der Waals surface area (Å²) in [7, 11) is 0. The molecule has 1 aliphatic rings. The lowest BCUT2D eigenvalue weighted by molar-refractivity contribution is -0.132. The lowest BCUT2D eigenvalue weighted by Gasteiger charge is -2.32. The molecule has 2 aromatic heterocycles. The maximum atomic E-state index is 13.5. The topological polar surface area (TPSA) is 106 Å². The minimum atomic E-state index is -0.605. The fourth-order valence-electron chi connectivity index (χ4n) is 4.12. The summed E-state index contributed by atoms with van der Waals surface area (Å²) in [6.07, 6.45) is 4.63. The van der Waals surface area contributed by atoms with E-state index in [9.17, 15) is 18.8 Å². The number of nitrogens with zero attached hydrogens (tertiary/aromatic N) is 3. The van der Waals surface area contributed by atoms with Gasteiger partial charge in [0.1, 0.15) is 5.82 Å². The first-order chi connectivity index (χ1) is 15.4. The molecule has 164 valence electrons. The highest BCUT2D eigenvalue weighted by Gasteiger charge is 2.28. The fourth-order valence-corrected chi connectivity index (χ4v) is 4.12. The van der Waals surface area contributed by atoms with Crippen LogP contribution in [-0.4, -0.2) is 45.6 Å². The third-order valence-electron chi connectivity index (χ3n) is 5.86. The summed E-state index contributed by atoms with van der Waals surface area (Å²) in [6, 6.07) is 9.20. The van der Waals surface area contributed by atoms with E-state index in [1.54, 1.807) is 35.4 Å². The number of Topliss-reactive ketones (excluding diaryl/α,β-unsaturated/α-hetero) is 1. The predicted octanol–water partition coefficient (Wildman–Crippen LogP) is 3.24. The Balaban J connectivity index is 1.41. The molecule has 0 saturated carbocycles. The number of carbonyl (C=O) groups excluding carboxylic acids is 3. The molecule has 32 heavy (non-hydrogen) atoms. The van der Waals surface area contributed by atoms with Crippen molar-refractivity contribution in [1.82, 2.24) is 14.9 Å². The summed E-state index contributed by atoms with van der Waals surface area (Å²) >= 11 is 0. The Morgan fingerprint density at radius 3 is 2.56 bits per heavy atom. The Labute approximate surface area is 184 Å². The molecule has 3 aromatic rings. The van der Waals surface area contributed by atoms with Gasteiger partial charge in [-0.25, -0.2) is 4.39 Å². The fraction of sp³-hybridized carbons (Fsp3) is 0.292. The number of likely N-dealkylation sites (tertiary alicyclic amines) is 1. The van der Waals surface area contributed by atoms with Gasteiger partial charge in [0.2, 0.25) is 5.91 Å². The summed E-state index contributed by atoms with van der Waals surface area (Å²) in [6.45, 7) is 1.01. The zero-order chi connectivity index (χ0) is 22.7. The zero-order valence-corrected chi connectivity index (χ0v) is 17.5. The molecule has 8 heteroatoms. The van der Waals surface area contributed by atoms with E-state index >= 15 is 0 Å². The molecular weight excluding hydrogens is 411 g/mol. The first kappa shape index (κ1) is 21.5. The van der Waals surface area contributed by atoms with Gasteiger partial charge in [0.15, 0.2) is 5.78 Å². The Hall–Kier alpha value is -3.68. The normalized spacial score (nSPS) is 14.5. The molecule has 3 heterocycles. The molecule has 1 aliphatic heterocycles. The second kappa shape index (κ2) is 9.21. The number of halogens is 1. The molecule has 1 aromatic carbocycles. The van der Waals surface area contributed by atoms with E-state index in [2.05, 4.69) is 9.97 Å². The van der Waals surface area contributed by atoms with Gasteiger partial charge in [0.05, 0.1) is 16.8 Å². The molecule has 0 radical (unpaired) electrons. The maximum Gasteiger partial charge on any atom is 0.250 e. The number of pyridine rings is 2. The zero-order valence-electron chi connectivity index (χ0n) is 17.5. The van der Waals surface area contributed by atoms with E-state index in [1.807, 2.05) is 0 Å². The number of primary amides is 1. The number of ketones is 1. The molecule has 1 saturated heterocycles. The molecule has 0 bridgehead atoms. The highest BCUT2D eigenvalue weighted by atomic mass is 19.1. The predicted molar refractivity (Wildman–Crippen MR) is 117 cm³/mol. The Morgan fingerprint density at radius 2 is 1.88 bits per heavy atom. The van der Waals surface area contributed by atoms with Crippen molar-refractivity contribution in [1.29, 1.82) is 0 Å². The van der Waals surface area contributed by atoms with Crippen LogP contribution in [0, 0.1) is 5.82 Å². The van der Waals surface area contributed by atoms with Crippen molar-refractivity contribution in [2.24, 2.45) is 5.73 Å². The number of piperidine rings is 1. The Bertz CT molecular complexity index is 1170. The van der Waals surface area contributed by atoms with Crippen LogP contribution < -0.4 is 5.73 Å². The van der Waals surface area contributed by atoms with Crippen molar-refractivity contribution >= 4 is 28.5 Å². The standard InChI is InChI=1S/C24H23FN4O3/c25-18-3-4-20-17(12-18)13-19(24(26)32)23(28-20)15-7-10-29(11-8-15)22(31)6-5-21(30)16-2-1-9-27-14-16/h1-4,9,12-15H,5-8,10-11H2,(H2,26,32). The molecule has 0 atom stereocenters. The van der Waals surface area contributed by atoms with E-state index in [1.165, 1.54) is 18.3 Å². The summed E-state index contributed by atoms with van der Waals surface area (Å²) in [5, 5.41) is 0.522. The molecule has 1 fully saturated rings. The number of amides is 2. The van der Waals surface area contributed by atoms with Gasteiger partial charge in [0, 0.05) is 55.2 Å². The van der Waals surface area contributed by atoms with Crippen LogP contribution in [0.15, 0.2) is 48.8 Å². The van der Waals surface area contributed by atoms with Crippen LogP contribution in [0.4, 0.5) is 4.39 Å². The first-order valence-corrected chi connectivity index (χ1v) is 10.5. The highest BCUT2D eigenvalue weighted by molar-refractivity contribution is 5.98. The minimum Gasteiger partial charge on any atom is -0.366 e. The van der Waals surface area contributed by atoms with Gasteiger partial charge in [-0.1, -0.05) is 0 Å². The van der Waals surface area contributed by atoms with E-state index < -0.39 is 11.7 Å². The van der Waals surface area contributed by atoms with Crippen LogP contribution in [0.1, 0.15) is 58.0 Å². The molecule has 0 spiro atoms. The largest absolute Gasteiger partial charge is 0.366 e. The van der Waals surface area contributed by atoms with Gasteiger partial charge in [-0.2, -0.15) is 0 Å². The van der Waals surface area contributed by atoms with E-state index in [0.29, 0.717) is 48.1 Å². The van der Waals surface area contributed by atoms with Crippen LogP contribution in [0.25, 0.3) is 10.9 Å². The first-order valence-electron chi connectivity index (χ1n) is 10.5. The molecule has 2 N–H and O–H groups in total. The average molecular weight is 434 g/mol. The maximum absolute atomic E-state index is 13.5.